The standard InChI is InChI=1S/C18H15F3N4O2/c1-9-11-5-6-12-13(14(18(19,20)21)16(27-12)17(22)26)15(11)24-25(9)8-10-4-2-3-7-23-10/h2-4,7H,5-6,8H2,1H3,(H2,22,26). The number of aromatic nitrogens is 3. The molecule has 0 spiro atoms. The fourth-order valence-electron chi connectivity index (χ4n) is 3.47. The molecule has 140 valence electrons. The molecule has 1 aliphatic rings. The maximum Gasteiger partial charge on any atom is 0.420 e. The van der Waals surface area contributed by atoms with Gasteiger partial charge in [0.15, 0.2) is 0 Å². The summed E-state index contributed by atoms with van der Waals surface area (Å²) in [6.07, 6.45) is -2.42. The van der Waals surface area contributed by atoms with Crippen LogP contribution in [0.1, 0.15) is 38.8 Å². The van der Waals surface area contributed by atoms with Gasteiger partial charge in [-0.3, -0.25) is 14.5 Å². The number of nitrogens with two attached hydrogens (primary N) is 1. The number of nitrogens with zero attached hydrogens (tertiary/aromatic N) is 3. The van der Waals surface area contributed by atoms with Crippen LogP contribution in [0, 0.1) is 6.92 Å². The van der Waals surface area contributed by atoms with Crippen molar-refractivity contribution in [2.24, 2.45) is 5.73 Å². The van der Waals surface area contributed by atoms with Gasteiger partial charge in [0.2, 0.25) is 5.76 Å². The molecule has 0 bridgehead atoms. The van der Waals surface area contributed by atoms with Gasteiger partial charge in [0.1, 0.15) is 11.3 Å². The Morgan fingerprint density at radius 1 is 1.33 bits per heavy atom. The molecule has 0 saturated carbocycles. The molecule has 0 atom stereocenters. The fourth-order valence-corrected chi connectivity index (χ4v) is 3.47. The number of carbonyl (C=O) groups is 1. The summed E-state index contributed by atoms with van der Waals surface area (Å²) in [6, 6.07) is 5.43. The number of hydrogen-bond donors (Lipinski definition) is 1. The average molecular weight is 376 g/mol. The highest BCUT2D eigenvalue weighted by molar-refractivity contribution is 5.95. The Bertz CT molecular complexity index is 1040. The Labute approximate surface area is 151 Å². The van der Waals surface area contributed by atoms with Crippen LogP contribution in [0.25, 0.3) is 11.3 Å². The van der Waals surface area contributed by atoms with Crippen molar-refractivity contribution in [3.8, 4) is 11.3 Å². The van der Waals surface area contributed by atoms with E-state index in [-0.39, 0.29) is 23.4 Å². The van der Waals surface area contributed by atoms with Gasteiger partial charge in [-0.1, -0.05) is 6.07 Å². The van der Waals surface area contributed by atoms with E-state index in [4.69, 9.17) is 10.2 Å². The zero-order chi connectivity index (χ0) is 19.3. The minimum Gasteiger partial charge on any atom is -0.455 e. The molecule has 0 fully saturated rings. The number of amides is 1. The molecule has 0 radical (unpaired) electrons. The Kier molecular flexibility index (Phi) is 3.83. The number of fused-ring (bicyclic) bond motifs is 3. The number of halogens is 3. The van der Waals surface area contributed by atoms with Crippen molar-refractivity contribution in [1.82, 2.24) is 14.8 Å². The first-order chi connectivity index (χ1) is 12.8. The summed E-state index contributed by atoms with van der Waals surface area (Å²) in [5.74, 6) is -2.02. The first kappa shape index (κ1) is 17.3. The van der Waals surface area contributed by atoms with Gasteiger partial charge in [-0.15, -0.1) is 0 Å². The second-order valence-corrected chi connectivity index (χ2v) is 6.36. The average Bonchev–Trinajstić information content (AvgIpc) is 3.15. The molecule has 1 aliphatic carbocycles. The van der Waals surface area contributed by atoms with Gasteiger partial charge >= 0.3 is 6.18 Å². The summed E-state index contributed by atoms with van der Waals surface area (Å²) in [4.78, 5) is 15.7. The van der Waals surface area contributed by atoms with E-state index in [9.17, 15) is 18.0 Å². The first-order valence-electron chi connectivity index (χ1n) is 8.26. The van der Waals surface area contributed by atoms with Crippen molar-refractivity contribution in [1.29, 1.82) is 0 Å². The quantitative estimate of drug-likeness (QED) is 0.761. The van der Waals surface area contributed by atoms with Crippen LogP contribution in [0.4, 0.5) is 13.2 Å². The van der Waals surface area contributed by atoms with Crippen molar-refractivity contribution in [3.63, 3.8) is 0 Å². The van der Waals surface area contributed by atoms with Crippen LogP contribution in [-0.2, 0) is 25.6 Å². The molecule has 3 aromatic heterocycles. The molecule has 0 unspecified atom stereocenters. The van der Waals surface area contributed by atoms with Crippen LogP contribution < -0.4 is 5.73 Å². The molecule has 0 aromatic carbocycles. The largest absolute Gasteiger partial charge is 0.455 e. The number of pyridine rings is 1. The lowest BCUT2D eigenvalue weighted by atomic mass is 9.91. The van der Waals surface area contributed by atoms with Gasteiger partial charge in [0.05, 0.1) is 23.5 Å². The van der Waals surface area contributed by atoms with Crippen molar-refractivity contribution in [3.05, 3.63) is 58.4 Å². The van der Waals surface area contributed by atoms with Crippen LogP contribution >= 0.6 is 0 Å². The lowest BCUT2D eigenvalue weighted by Crippen LogP contribution is -2.17. The molecular weight excluding hydrogens is 361 g/mol. The normalized spacial score (nSPS) is 13.3. The van der Waals surface area contributed by atoms with E-state index < -0.39 is 23.4 Å². The fraction of sp³-hybridized carbons (Fsp3) is 0.278. The highest BCUT2D eigenvalue weighted by atomic mass is 19.4. The van der Waals surface area contributed by atoms with E-state index in [1.54, 1.807) is 16.9 Å². The third-order valence-electron chi connectivity index (χ3n) is 4.70. The zero-order valence-corrected chi connectivity index (χ0v) is 14.3. The van der Waals surface area contributed by atoms with E-state index in [0.717, 1.165) is 11.4 Å². The third-order valence-corrected chi connectivity index (χ3v) is 4.70. The highest BCUT2D eigenvalue weighted by Crippen LogP contribution is 2.46. The summed E-state index contributed by atoms with van der Waals surface area (Å²) in [5.41, 5.74) is 6.18. The van der Waals surface area contributed by atoms with Gasteiger partial charge in [-0.2, -0.15) is 18.3 Å². The Morgan fingerprint density at radius 2 is 2.11 bits per heavy atom. The number of furan rings is 1. The van der Waals surface area contributed by atoms with E-state index in [2.05, 4.69) is 10.1 Å². The smallest absolute Gasteiger partial charge is 0.420 e. The minimum absolute atomic E-state index is 0.0890. The van der Waals surface area contributed by atoms with Gasteiger partial charge < -0.3 is 10.2 Å². The van der Waals surface area contributed by atoms with Crippen LogP contribution in [-0.4, -0.2) is 20.7 Å². The summed E-state index contributed by atoms with van der Waals surface area (Å²) in [6.45, 7) is 2.14. The van der Waals surface area contributed by atoms with Crippen molar-refractivity contribution < 1.29 is 22.4 Å². The van der Waals surface area contributed by atoms with Gasteiger partial charge in [0.25, 0.3) is 5.91 Å². The Balaban J connectivity index is 1.88. The molecule has 4 rings (SSSR count). The number of aryl methyl sites for hydroxylation is 1. The second kappa shape index (κ2) is 5.97. The van der Waals surface area contributed by atoms with Crippen molar-refractivity contribution in [2.75, 3.05) is 0 Å². The molecule has 9 heteroatoms. The predicted octanol–water partition coefficient (Wildman–Crippen LogP) is 3.11. The second-order valence-electron chi connectivity index (χ2n) is 6.36. The molecule has 3 heterocycles. The Morgan fingerprint density at radius 3 is 2.74 bits per heavy atom. The Hall–Kier alpha value is -3.10. The zero-order valence-electron chi connectivity index (χ0n) is 14.3. The number of hydrogen-bond acceptors (Lipinski definition) is 4. The van der Waals surface area contributed by atoms with Crippen LogP contribution in [0.5, 0.6) is 0 Å². The number of rotatable bonds is 3. The van der Waals surface area contributed by atoms with E-state index in [1.807, 2.05) is 19.1 Å². The van der Waals surface area contributed by atoms with Gasteiger partial charge in [0, 0.05) is 23.9 Å². The lowest BCUT2D eigenvalue weighted by molar-refractivity contribution is -0.137. The predicted molar refractivity (Wildman–Crippen MR) is 88.9 cm³/mol. The topological polar surface area (TPSA) is 86.9 Å². The molecule has 27 heavy (non-hydrogen) atoms. The summed E-state index contributed by atoms with van der Waals surface area (Å²) >= 11 is 0. The van der Waals surface area contributed by atoms with E-state index in [0.29, 0.717) is 18.5 Å². The first-order valence-corrected chi connectivity index (χ1v) is 8.26. The number of alkyl halides is 3. The lowest BCUT2D eigenvalue weighted by Gasteiger charge is -2.13. The SMILES string of the molecule is Cc1c2c(nn1Cc1ccccn1)-c1c(oc(C(N)=O)c1C(F)(F)F)CC2. The molecule has 3 aromatic rings. The van der Waals surface area contributed by atoms with Crippen molar-refractivity contribution >= 4 is 5.91 Å². The number of primary amides is 1. The van der Waals surface area contributed by atoms with Crippen molar-refractivity contribution in [2.45, 2.75) is 32.5 Å². The maximum atomic E-state index is 13.7. The van der Waals surface area contributed by atoms with Crippen LogP contribution in [0.3, 0.4) is 0 Å². The van der Waals surface area contributed by atoms with Gasteiger partial charge in [-0.25, -0.2) is 0 Å². The molecule has 2 N–H and O–H groups in total. The molecular formula is C18H15F3N4O2. The van der Waals surface area contributed by atoms with E-state index in [1.165, 1.54) is 0 Å². The van der Waals surface area contributed by atoms with Crippen LogP contribution in [0.15, 0.2) is 28.8 Å². The monoisotopic (exact) mass is 376 g/mol. The van der Waals surface area contributed by atoms with Gasteiger partial charge in [-0.05, 0) is 25.5 Å². The molecule has 0 saturated heterocycles. The summed E-state index contributed by atoms with van der Waals surface area (Å²) < 4.78 is 47.8. The third kappa shape index (κ3) is 2.79. The molecule has 6 nitrogen and oxygen atoms in total. The maximum absolute atomic E-state index is 13.7. The van der Waals surface area contributed by atoms with Crippen LogP contribution in [0.2, 0.25) is 0 Å². The molecule has 0 aliphatic heterocycles. The summed E-state index contributed by atoms with van der Waals surface area (Å²) in [5, 5.41) is 4.40. The highest BCUT2D eigenvalue weighted by Gasteiger charge is 2.45. The molecule has 1 amide bonds. The summed E-state index contributed by atoms with van der Waals surface area (Å²) in [7, 11) is 0. The van der Waals surface area contributed by atoms with E-state index >= 15 is 0 Å². The minimum atomic E-state index is -4.78. The number of carbonyl (C=O) groups excluding carboxylic acids is 1.